The fourth-order valence-electron chi connectivity index (χ4n) is 3.45. The first-order valence-electron chi connectivity index (χ1n) is 8.41. The van der Waals surface area contributed by atoms with Crippen molar-refractivity contribution < 1.29 is 4.21 Å². The minimum atomic E-state index is -0.742. The van der Waals surface area contributed by atoms with Gasteiger partial charge >= 0.3 is 0 Å². The van der Waals surface area contributed by atoms with Crippen LogP contribution in [0.5, 0.6) is 0 Å². The third kappa shape index (κ3) is 4.65. The van der Waals surface area contributed by atoms with Crippen molar-refractivity contribution >= 4 is 10.8 Å². The van der Waals surface area contributed by atoms with Crippen LogP contribution >= 0.6 is 0 Å². The van der Waals surface area contributed by atoms with E-state index in [1.807, 2.05) is 6.07 Å². The van der Waals surface area contributed by atoms with E-state index in [1.54, 1.807) is 0 Å². The molecule has 2 rings (SSSR count). The lowest BCUT2D eigenvalue weighted by molar-refractivity contribution is 0.504. The van der Waals surface area contributed by atoms with Crippen LogP contribution in [-0.4, -0.2) is 21.8 Å². The molecule has 0 saturated heterocycles. The summed E-state index contributed by atoms with van der Waals surface area (Å²) in [4.78, 5) is 0. The van der Waals surface area contributed by atoms with Crippen LogP contribution in [0.4, 0.5) is 0 Å². The van der Waals surface area contributed by atoms with E-state index in [2.05, 4.69) is 43.4 Å². The largest absolute Gasteiger partial charge is 0.309 e. The highest BCUT2D eigenvalue weighted by Gasteiger charge is 2.28. The molecule has 118 valence electrons. The number of benzene rings is 1. The van der Waals surface area contributed by atoms with Crippen molar-refractivity contribution in [3.05, 3.63) is 35.9 Å². The van der Waals surface area contributed by atoms with Crippen molar-refractivity contribution in [2.45, 2.75) is 57.2 Å². The highest BCUT2D eigenvalue weighted by Crippen LogP contribution is 2.29. The third-order valence-corrected chi connectivity index (χ3v) is 6.65. The first-order valence-corrected chi connectivity index (χ1v) is 9.80. The maximum Gasteiger partial charge on any atom is 0.0540 e. The normalized spacial score (nSPS) is 20.3. The van der Waals surface area contributed by atoms with Gasteiger partial charge in [-0.3, -0.25) is 4.21 Å². The van der Waals surface area contributed by atoms with Gasteiger partial charge in [-0.15, -0.1) is 0 Å². The molecule has 0 bridgehead atoms. The quantitative estimate of drug-likeness (QED) is 0.785. The molecule has 3 atom stereocenters. The van der Waals surface area contributed by atoms with Gasteiger partial charge in [0.2, 0.25) is 0 Å². The standard InChI is InChI=1S/C18H29NOS/c1-3-17(21(20)14-15-10-8-9-11-15)18(19-4-2)16-12-6-5-7-13-16/h5-7,12-13,15,17-19H,3-4,8-11,14H2,1-2H3. The van der Waals surface area contributed by atoms with Crippen molar-refractivity contribution in [3.63, 3.8) is 0 Å². The van der Waals surface area contributed by atoms with Gasteiger partial charge in [0.25, 0.3) is 0 Å². The minimum Gasteiger partial charge on any atom is -0.309 e. The summed E-state index contributed by atoms with van der Waals surface area (Å²) in [5, 5.41) is 3.78. The van der Waals surface area contributed by atoms with Gasteiger partial charge in [0.05, 0.1) is 5.25 Å². The van der Waals surface area contributed by atoms with E-state index in [4.69, 9.17) is 0 Å². The van der Waals surface area contributed by atoms with Crippen LogP contribution in [0.15, 0.2) is 30.3 Å². The number of nitrogens with one attached hydrogen (secondary N) is 1. The van der Waals surface area contributed by atoms with E-state index >= 15 is 0 Å². The number of hydrogen-bond acceptors (Lipinski definition) is 2. The fourth-order valence-corrected chi connectivity index (χ4v) is 5.42. The predicted octanol–water partition coefficient (Wildman–Crippen LogP) is 4.05. The second kappa shape index (κ2) is 8.70. The molecule has 2 nitrogen and oxygen atoms in total. The zero-order valence-corrected chi connectivity index (χ0v) is 14.2. The van der Waals surface area contributed by atoms with Gasteiger partial charge in [0.15, 0.2) is 0 Å². The van der Waals surface area contributed by atoms with Crippen molar-refractivity contribution in [3.8, 4) is 0 Å². The molecule has 1 aromatic carbocycles. The summed E-state index contributed by atoms with van der Waals surface area (Å²) < 4.78 is 12.9. The third-order valence-electron chi connectivity index (χ3n) is 4.57. The number of rotatable bonds is 8. The van der Waals surface area contributed by atoms with E-state index in [0.29, 0.717) is 5.92 Å². The molecule has 0 spiro atoms. The van der Waals surface area contributed by atoms with E-state index < -0.39 is 10.8 Å². The lowest BCUT2D eigenvalue weighted by Gasteiger charge is -2.28. The van der Waals surface area contributed by atoms with Gasteiger partial charge in [-0.25, -0.2) is 0 Å². The van der Waals surface area contributed by atoms with E-state index in [9.17, 15) is 4.21 Å². The molecule has 0 aromatic heterocycles. The van der Waals surface area contributed by atoms with Gasteiger partial charge in [-0.05, 0) is 37.3 Å². The van der Waals surface area contributed by atoms with Crippen LogP contribution in [0.3, 0.4) is 0 Å². The Hall–Kier alpha value is -0.670. The Kier molecular flexibility index (Phi) is 6.91. The molecule has 0 radical (unpaired) electrons. The molecule has 1 fully saturated rings. The second-order valence-electron chi connectivity index (χ2n) is 6.09. The van der Waals surface area contributed by atoms with E-state index in [-0.39, 0.29) is 11.3 Å². The Bertz CT molecular complexity index is 428. The van der Waals surface area contributed by atoms with Gasteiger partial charge in [0, 0.05) is 22.6 Å². The molecular weight excluding hydrogens is 278 g/mol. The lowest BCUT2D eigenvalue weighted by Crippen LogP contribution is -2.36. The Balaban J connectivity index is 2.09. The van der Waals surface area contributed by atoms with Crippen LogP contribution in [-0.2, 0) is 10.8 Å². The molecule has 0 heterocycles. The average Bonchev–Trinajstić information content (AvgIpc) is 3.01. The van der Waals surface area contributed by atoms with Crippen LogP contribution in [0, 0.1) is 5.92 Å². The van der Waals surface area contributed by atoms with E-state index in [0.717, 1.165) is 18.7 Å². The molecule has 0 aliphatic heterocycles. The van der Waals surface area contributed by atoms with Gasteiger partial charge in [0.1, 0.15) is 0 Å². The van der Waals surface area contributed by atoms with Gasteiger partial charge in [-0.1, -0.05) is 57.0 Å². The van der Waals surface area contributed by atoms with Crippen LogP contribution < -0.4 is 5.32 Å². The summed E-state index contributed by atoms with van der Waals surface area (Å²) in [5.74, 6) is 1.59. The summed E-state index contributed by atoms with van der Waals surface area (Å²) in [6.45, 7) is 5.21. The minimum absolute atomic E-state index is 0.212. The van der Waals surface area contributed by atoms with Gasteiger partial charge < -0.3 is 5.32 Å². The second-order valence-corrected chi connectivity index (χ2v) is 7.79. The Morgan fingerprint density at radius 2 is 1.86 bits per heavy atom. The molecule has 1 aromatic rings. The monoisotopic (exact) mass is 307 g/mol. The summed E-state index contributed by atoms with van der Waals surface area (Å²) in [6.07, 6.45) is 6.17. The summed E-state index contributed by atoms with van der Waals surface area (Å²) in [7, 11) is -0.742. The summed E-state index contributed by atoms with van der Waals surface area (Å²) >= 11 is 0. The van der Waals surface area contributed by atoms with E-state index in [1.165, 1.54) is 31.2 Å². The molecule has 1 aliphatic rings. The first kappa shape index (κ1) is 16.7. The zero-order chi connectivity index (χ0) is 15.1. The average molecular weight is 308 g/mol. The molecule has 21 heavy (non-hydrogen) atoms. The maximum absolute atomic E-state index is 12.9. The number of hydrogen-bond donors (Lipinski definition) is 1. The topological polar surface area (TPSA) is 29.1 Å². The van der Waals surface area contributed by atoms with Crippen LogP contribution in [0.1, 0.15) is 57.6 Å². The van der Waals surface area contributed by atoms with Crippen LogP contribution in [0.2, 0.25) is 0 Å². The molecule has 1 saturated carbocycles. The lowest BCUT2D eigenvalue weighted by atomic mass is 10.0. The van der Waals surface area contributed by atoms with Crippen LogP contribution in [0.25, 0.3) is 0 Å². The van der Waals surface area contributed by atoms with Crippen molar-refractivity contribution in [1.29, 1.82) is 0 Å². The molecule has 1 aliphatic carbocycles. The highest BCUT2D eigenvalue weighted by atomic mass is 32.2. The molecular formula is C18H29NOS. The SMILES string of the molecule is CCNC(c1ccccc1)C(CC)S(=O)CC1CCCC1. The predicted molar refractivity (Wildman–Crippen MR) is 91.9 cm³/mol. The molecule has 3 heteroatoms. The Morgan fingerprint density at radius 1 is 1.19 bits per heavy atom. The van der Waals surface area contributed by atoms with Crippen molar-refractivity contribution in [1.82, 2.24) is 5.32 Å². The zero-order valence-electron chi connectivity index (χ0n) is 13.4. The summed E-state index contributed by atoms with van der Waals surface area (Å²) in [6, 6.07) is 10.7. The highest BCUT2D eigenvalue weighted by molar-refractivity contribution is 7.85. The Labute approximate surface area is 132 Å². The smallest absolute Gasteiger partial charge is 0.0540 e. The summed E-state index contributed by atoms with van der Waals surface area (Å²) in [5.41, 5.74) is 1.27. The molecule has 3 unspecified atom stereocenters. The molecule has 0 amide bonds. The first-order chi connectivity index (χ1) is 10.3. The fraction of sp³-hybridized carbons (Fsp3) is 0.667. The van der Waals surface area contributed by atoms with Crippen molar-refractivity contribution in [2.24, 2.45) is 5.92 Å². The molecule has 1 N–H and O–H groups in total. The maximum atomic E-state index is 12.9. The van der Waals surface area contributed by atoms with Gasteiger partial charge in [-0.2, -0.15) is 0 Å². The van der Waals surface area contributed by atoms with Crippen molar-refractivity contribution in [2.75, 3.05) is 12.3 Å². The Morgan fingerprint density at radius 3 is 2.43 bits per heavy atom.